The van der Waals surface area contributed by atoms with Gasteiger partial charge in [-0.3, -0.25) is 14.9 Å². The van der Waals surface area contributed by atoms with E-state index in [1.165, 1.54) is 11.1 Å². The highest BCUT2D eigenvalue weighted by atomic mass is 32.1. The van der Waals surface area contributed by atoms with Crippen molar-refractivity contribution in [2.24, 2.45) is 0 Å². The molecule has 5 rings (SSSR count). The van der Waals surface area contributed by atoms with Crippen molar-refractivity contribution in [3.05, 3.63) is 81.4 Å². The number of hydrogen-bond acceptors (Lipinski definition) is 7. The molecule has 2 aromatic carbocycles. The molecule has 1 unspecified atom stereocenters. The molecule has 3 heterocycles. The quantitative estimate of drug-likeness (QED) is 0.377. The molecule has 0 bridgehead atoms. The molecule has 2 aliphatic rings. The molecule has 1 aromatic heterocycles. The summed E-state index contributed by atoms with van der Waals surface area (Å²) in [5.41, 5.74) is 4.19. The number of benzene rings is 2. The van der Waals surface area contributed by atoms with Crippen molar-refractivity contribution < 1.29 is 9.59 Å². The van der Waals surface area contributed by atoms with Gasteiger partial charge in [0.2, 0.25) is 0 Å². The third kappa shape index (κ3) is 5.55. The largest absolute Gasteiger partial charge is 0.332 e. The minimum Gasteiger partial charge on any atom is -0.332 e. The highest BCUT2D eigenvalue weighted by Crippen LogP contribution is 2.34. The molecule has 198 valence electrons. The standard InChI is InChI=1S/C29H34N6O2S/c1-31-17-23(16-30)19-6-3-9-22(14-19)28(37)35-12-5-10-25(35)20-7-4-8-21(15-20)27(36)33-29-32-24-11-13-34(2)18-26(24)38-29/h3-4,6-9,14-16,23,25,30-31H,5,10-13,17-18H2,1-2H3,(H,32,33,36)/t23?,25-/m1/s1. The van der Waals surface area contributed by atoms with Crippen LogP contribution >= 0.6 is 11.3 Å². The first-order valence-electron chi connectivity index (χ1n) is 13.1. The molecule has 2 aliphatic heterocycles. The number of fused-ring (bicyclic) bond motifs is 1. The Balaban J connectivity index is 1.32. The summed E-state index contributed by atoms with van der Waals surface area (Å²) < 4.78 is 0. The van der Waals surface area contributed by atoms with Crippen LogP contribution in [0.2, 0.25) is 0 Å². The molecule has 0 spiro atoms. The minimum absolute atomic E-state index is 0.0178. The predicted octanol–water partition coefficient (Wildman–Crippen LogP) is 4.31. The lowest BCUT2D eigenvalue weighted by Gasteiger charge is -2.26. The number of likely N-dealkylation sites (N-methyl/N-ethyl adjacent to an activating group) is 2. The lowest BCUT2D eigenvalue weighted by molar-refractivity contribution is 0.0735. The van der Waals surface area contributed by atoms with Gasteiger partial charge in [0, 0.05) is 60.7 Å². The molecule has 38 heavy (non-hydrogen) atoms. The van der Waals surface area contributed by atoms with Crippen molar-refractivity contribution >= 4 is 34.5 Å². The van der Waals surface area contributed by atoms with Gasteiger partial charge < -0.3 is 20.5 Å². The number of aromatic nitrogens is 1. The molecule has 0 radical (unpaired) electrons. The lowest BCUT2D eigenvalue weighted by atomic mass is 9.97. The summed E-state index contributed by atoms with van der Waals surface area (Å²) >= 11 is 1.55. The second-order valence-corrected chi connectivity index (χ2v) is 11.2. The molecule has 9 heteroatoms. The number of carbonyl (C=O) groups is 2. The number of anilines is 1. The number of nitrogens with zero attached hydrogens (tertiary/aromatic N) is 3. The van der Waals surface area contributed by atoms with Crippen LogP contribution in [-0.4, -0.2) is 66.5 Å². The van der Waals surface area contributed by atoms with Crippen LogP contribution in [0.4, 0.5) is 5.13 Å². The molecule has 3 N–H and O–H groups in total. The lowest BCUT2D eigenvalue weighted by Crippen LogP contribution is -2.31. The van der Waals surface area contributed by atoms with Gasteiger partial charge in [0.25, 0.3) is 11.8 Å². The normalized spacial score (nSPS) is 18.2. The molecule has 2 amide bonds. The van der Waals surface area contributed by atoms with Crippen molar-refractivity contribution in [3.63, 3.8) is 0 Å². The summed E-state index contributed by atoms with van der Waals surface area (Å²) in [6, 6.07) is 15.1. The predicted molar refractivity (Wildman–Crippen MR) is 151 cm³/mol. The number of amides is 2. The van der Waals surface area contributed by atoms with E-state index in [0.29, 0.717) is 29.3 Å². The molecule has 2 atom stereocenters. The maximum Gasteiger partial charge on any atom is 0.257 e. The van der Waals surface area contributed by atoms with Crippen LogP contribution in [-0.2, 0) is 13.0 Å². The fourth-order valence-corrected chi connectivity index (χ4v) is 6.43. The number of rotatable bonds is 8. The van der Waals surface area contributed by atoms with E-state index in [4.69, 9.17) is 5.41 Å². The Morgan fingerprint density at radius 2 is 2.00 bits per heavy atom. The molecule has 1 fully saturated rings. The van der Waals surface area contributed by atoms with Crippen molar-refractivity contribution in [2.75, 3.05) is 39.0 Å². The Labute approximate surface area is 227 Å². The maximum atomic E-state index is 13.6. The van der Waals surface area contributed by atoms with Crippen LogP contribution < -0.4 is 10.6 Å². The van der Waals surface area contributed by atoms with Gasteiger partial charge in [-0.05, 0) is 62.3 Å². The zero-order valence-electron chi connectivity index (χ0n) is 21.9. The van der Waals surface area contributed by atoms with Gasteiger partial charge in [0.15, 0.2) is 5.13 Å². The summed E-state index contributed by atoms with van der Waals surface area (Å²) in [5.74, 6) is -0.283. The van der Waals surface area contributed by atoms with E-state index in [2.05, 4.69) is 27.6 Å². The average Bonchev–Trinajstić information content (AvgIpc) is 3.58. The second-order valence-electron chi connectivity index (χ2n) is 10.1. The molecule has 0 aliphatic carbocycles. The molecular weight excluding hydrogens is 496 g/mol. The van der Waals surface area contributed by atoms with Crippen molar-refractivity contribution in [1.29, 1.82) is 5.41 Å². The highest BCUT2D eigenvalue weighted by Gasteiger charge is 2.31. The van der Waals surface area contributed by atoms with Gasteiger partial charge in [0.1, 0.15) is 0 Å². The second kappa shape index (κ2) is 11.6. The first-order valence-corrected chi connectivity index (χ1v) is 13.9. The van der Waals surface area contributed by atoms with Crippen LogP contribution in [0, 0.1) is 5.41 Å². The molecule has 3 aromatic rings. The van der Waals surface area contributed by atoms with Crippen LogP contribution in [0.5, 0.6) is 0 Å². The Hall–Kier alpha value is -3.40. The van der Waals surface area contributed by atoms with Gasteiger partial charge in [-0.1, -0.05) is 24.3 Å². The zero-order valence-corrected chi connectivity index (χ0v) is 22.7. The summed E-state index contributed by atoms with van der Waals surface area (Å²) in [6.07, 6.45) is 4.08. The topological polar surface area (TPSA) is 101 Å². The van der Waals surface area contributed by atoms with E-state index in [0.717, 1.165) is 49.2 Å². The number of likely N-dealkylation sites (tertiary alicyclic amines) is 1. The van der Waals surface area contributed by atoms with Gasteiger partial charge >= 0.3 is 0 Å². The fourth-order valence-electron chi connectivity index (χ4n) is 5.35. The summed E-state index contributed by atoms with van der Waals surface area (Å²) in [6.45, 7) is 3.16. The SMILES string of the molecule is CNCC(C=N)c1cccc(C(=O)N2CCC[C@@H]2c2cccc(C(=O)Nc3nc4c(s3)CN(C)CC4)c2)c1. The number of thiazole rings is 1. The monoisotopic (exact) mass is 530 g/mol. The Morgan fingerprint density at radius 3 is 2.82 bits per heavy atom. The van der Waals surface area contributed by atoms with E-state index in [-0.39, 0.29) is 23.8 Å². The summed E-state index contributed by atoms with van der Waals surface area (Å²) in [4.78, 5) is 36.7. The molecular formula is C29H34N6O2S. The van der Waals surface area contributed by atoms with Crippen LogP contribution in [0.15, 0.2) is 48.5 Å². The van der Waals surface area contributed by atoms with Crippen LogP contribution in [0.3, 0.4) is 0 Å². The van der Waals surface area contributed by atoms with Gasteiger partial charge in [-0.25, -0.2) is 4.98 Å². The smallest absolute Gasteiger partial charge is 0.257 e. The van der Waals surface area contributed by atoms with Crippen molar-refractivity contribution in [2.45, 2.75) is 37.8 Å². The van der Waals surface area contributed by atoms with E-state index in [9.17, 15) is 9.59 Å². The van der Waals surface area contributed by atoms with Crippen LogP contribution in [0.25, 0.3) is 0 Å². The van der Waals surface area contributed by atoms with E-state index < -0.39 is 0 Å². The summed E-state index contributed by atoms with van der Waals surface area (Å²) in [7, 11) is 3.95. The Bertz CT molecular complexity index is 1340. The first-order chi connectivity index (χ1) is 18.5. The Kier molecular flexibility index (Phi) is 7.97. The van der Waals surface area contributed by atoms with Gasteiger partial charge in [-0.15, -0.1) is 11.3 Å². The summed E-state index contributed by atoms with van der Waals surface area (Å²) in [5, 5.41) is 14.5. The highest BCUT2D eigenvalue weighted by molar-refractivity contribution is 7.15. The van der Waals surface area contributed by atoms with Crippen molar-refractivity contribution in [1.82, 2.24) is 20.1 Å². The van der Waals surface area contributed by atoms with E-state index >= 15 is 0 Å². The zero-order chi connectivity index (χ0) is 26.6. The maximum absolute atomic E-state index is 13.6. The average molecular weight is 531 g/mol. The van der Waals surface area contributed by atoms with E-state index in [1.54, 1.807) is 11.3 Å². The minimum atomic E-state index is -0.183. The van der Waals surface area contributed by atoms with Crippen molar-refractivity contribution in [3.8, 4) is 0 Å². The number of nitrogens with one attached hydrogen (secondary N) is 3. The van der Waals surface area contributed by atoms with Gasteiger partial charge in [-0.2, -0.15) is 0 Å². The first kappa shape index (κ1) is 26.2. The fraction of sp³-hybridized carbons (Fsp3) is 0.379. The molecule has 0 saturated carbocycles. The number of carbonyl (C=O) groups excluding carboxylic acids is 2. The Morgan fingerprint density at radius 1 is 1.18 bits per heavy atom. The third-order valence-electron chi connectivity index (χ3n) is 7.38. The molecule has 8 nitrogen and oxygen atoms in total. The number of hydrogen-bond donors (Lipinski definition) is 3. The van der Waals surface area contributed by atoms with Crippen LogP contribution in [0.1, 0.15) is 67.2 Å². The third-order valence-corrected chi connectivity index (χ3v) is 8.37. The van der Waals surface area contributed by atoms with Gasteiger partial charge in [0.05, 0.1) is 11.7 Å². The van der Waals surface area contributed by atoms with E-state index in [1.807, 2.05) is 60.5 Å². The molecule has 1 saturated heterocycles.